The minimum Gasteiger partial charge on any atom is -1.00 e. The van der Waals surface area contributed by atoms with Crippen LogP contribution in [0.1, 0.15) is 12.8 Å². The molecule has 4 heteroatoms. The molecular formula is C14H16I2N2. The van der Waals surface area contributed by atoms with Crippen molar-refractivity contribution in [3.63, 3.8) is 0 Å². The molecule has 0 radical (unpaired) electrons. The average Bonchev–Trinajstić information content (AvgIpc) is 2.33. The van der Waals surface area contributed by atoms with Gasteiger partial charge in [-0.25, -0.2) is 0 Å². The molecule has 2 aromatic rings. The Labute approximate surface area is 142 Å². The third kappa shape index (κ3) is 3.20. The van der Waals surface area contributed by atoms with Crippen molar-refractivity contribution in [2.24, 2.45) is 0 Å². The lowest BCUT2D eigenvalue weighted by atomic mass is 10.1. The fourth-order valence-electron chi connectivity index (χ4n) is 2.37. The molecule has 0 amide bonds. The van der Waals surface area contributed by atoms with Crippen molar-refractivity contribution in [2.75, 3.05) is 0 Å². The predicted molar refractivity (Wildman–Crippen MR) is 61.5 cm³/mol. The lowest BCUT2D eigenvalue weighted by molar-refractivity contribution is -0.725. The van der Waals surface area contributed by atoms with Gasteiger partial charge in [0, 0.05) is 37.1 Å². The van der Waals surface area contributed by atoms with Gasteiger partial charge in [0.2, 0.25) is 0 Å². The van der Waals surface area contributed by atoms with E-state index in [0.717, 1.165) is 13.1 Å². The predicted octanol–water partition coefficient (Wildman–Crippen LogP) is -4.27. The third-order valence-electron chi connectivity index (χ3n) is 3.19. The van der Waals surface area contributed by atoms with E-state index in [4.69, 9.17) is 0 Å². The van der Waals surface area contributed by atoms with E-state index in [1.807, 2.05) is 0 Å². The van der Waals surface area contributed by atoms with E-state index in [1.165, 1.54) is 24.2 Å². The number of hydrogen-bond donors (Lipinski definition) is 0. The molecule has 0 N–H and O–H groups in total. The molecule has 1 aliphatic rings. The Morgan fingerprint density at radius 2 is 1.11 bits per heavy atom. The van der Waals surface area contributed by atoms with Crippen molar-refractivity contribution >= 4 is 0 Å². The van der Waals surface area contributed by atoms with Crippen molar-refractivity contribution in [3.05, 3.63) is 48.8 Å². The van der Waals surface area contributed by atoms with Crippen molar-refractivity contribution in [3.8, 4) is 11.4 Å². The molecule has 0 saturated carbocycles. The van der Waals surface area contributed by atoms with Crippen molar-refractivity contribution in [1.29, 1.82) is 0 Å². The first-order valence-corrected chi connectivity index (χ1v) is 5.92. The smallest absolute Gasteiger partial charge is 0.277 e. The van der Waals surface area contributed by atoms with Gasteiger partial charge in [0.25, 0.3) is 11.4 Å². The Balaban J connectivity index is 0.000000810. The highest BCUT2D eigenvalue weighted by Crippen LogP contribution is 2.12. The summed E-state index contributed by atoms with van der Waals surface area (Å²) in [4.78, 5) is 0. The summed E-state index contributed by atoms with van der Waals surface area (Å²) in [5.41, 5.74) is 2.64. The third-order valence-corrected chi connectivity index (χ3v) is 3.19. The maximum atomic E-state index is 2.35. The fourth-order valence-corrected chi connectivity index (χ4v) is 2.37. The molecule has 0 spiro atoms. The zero-order valence-electron chi connectivity index (χ0n) is 10.1. The van der Waals surface area contributed by atoms with Crippen LogP contribution in [0.2, 0.25) is 0 Å². The Morgan fingerprint density at radius 1 is 0.667 bits per heavy atom. The van der Waals surface area contributed by atoms with Gasteiger partial charge >= 0.3 is 0 Å². The SMILES string of the molecule is [I-].[I-].c1cc[n+]2c(c1)-c1cccc[n+]1CCCC2. The van der Waals surface area contributed by atoms with Gasteiger partial charge < -0.3 is 48.0 Å². The van der Waals surface area contributed by atoms with E-state index in [0.29, 0.717) is 0 Å². The van der Waals surface area contributed by atoms with E-state index in [9.17, 15) is 0 Å². The molecule has 0 bridgehead atoms. The van der Waals surface area contributed by atoms with Crippen molar-refractivity contribution in [2.45, 2.75) is 25.9 Å². The van der Waals surface area contributed by atoms with Crippen LogP contribution >= 0.6 is 0 Å². The molecule has 0 unspecified atom stereocenters. The maximum absolute atomic E-state index is 2.35. The van der Waals surface area contributed by atoms with Crippen molar-refractivity contribution < 1.29 is 57.1 Å². The number of halogens is 2. The van der Waals surface area contributed by atoms with Crippen LogP contribution < -0.4 is 57.1 Å². The summed E-state index contributed by atoms with van der Waals surface area (Å²) in [6, 6.07) is 12.9. The average molecular weight is 466 g/mol. The molecular weight excluding hydrogens is 450 g/mol. The van der Waals surface area contributed by atoms with E-state index in [1.54, 1.807) is 0 Å². The van der Waals surface area contributed by atoms with Crippen molar-refractivity contribution in [1.82, 2.24) is 0 Å². The molecule has 3 rings (SSSR count). The van der Waals surface area contributed by atoms with Gasteiger partial charge in [-0.3, -0.25) is 0 Å². The largest absolute Gasteiger partial charge is 1.00 e. The number of nitrogens with zero attached hydrogens (tertiary/aromatic N) is 2. The van der Waals surface area contributed by atoms with Gasteiger partial charge in [-0.05, 0) is 12.1 Å². The number of hydrogen-bond acceptors (Lipinski definition) is 0. The monoisotopic (exact) mass is 466 g/mol. The maximum Gasteiger partial charge on any atom is 0.277 e. The van der Waals surface area contributed by atoms with Crippen LogP contribution in [0, 0.1) is 0 Å². The normalized spacial score (nSPS) is 12.9. The Kier molecular flexibility index (Phi) is 6.48. The van der Waals surface area contributed by atoms with Gasteiger partial charge in [-0.2, -0.15) is 9.13 Å². The fraction of sp³-hybridized carbons (Fsp3) is 0.286. The molecule has 0 fully saturated rings. The molecule has 0 aromatic carbocycles. The minimum absolute atomic E-state index is 0. The first kappa shape index (κ1) is 15.8. The van der Waals surface area contributed by atoms with Crippen LogP contribution in [-0.2, 0) is 13.1 Å². The first-order valence-electron chi connectivity index (χ1n) is 5.92. The molecule has 2 nitrogen and oxygen atoms in total. The van der Waals surface area contributed by atoms with Gasteiger partial charge in [0.1, 0.15) is 13.1 Å². The second-order valence-electron chi connectivity index (χ2n) is 4.27. The Hall–Kier alpha value is -0.240. The second-order valence-corrected chi connectivity index (χ2v) is 4.27. The number of pyridine rings is 2. The van der Waals surface area contributed by atoms with Crippen LogP contribution in [0.5, 0.6) is 0 Å². The highest BCUT2D eigenvalue weighted by atomic mass is 127. The molecule has 2 aromatic heterocycles. The number of aryl methyl sites for hydroxylation is 2. The summed E-state index contributed by atoms with van der Waals surface area (Å²) in [6.45, 7) is 2.26. The van der Waals surface area contributed by atoms with Crippen LogP contribution in [0.15, 0.2) is 48.8 Å². The minimum atomic E-state index is 0. The van der Waals surface area contributed by atoms with Gasteiger partial charge in [-0.1, -0.05) is 0 Å². The van der Waals surface area contributed by atoms with Crippen LogP contribution in [-0.4, -0.2) is 0 Å². The standard InChI is InChI=1S/C14H16N2.2HI/c1-3-9-15-11-5-6-12-16-10-4-2-8-14(16)13(15)7-1;;/h1-4,7-10H,5-6,11-12H2;2*1H/q+2;;/p-2. The first-order chi connectivity index (χ1) is 7.95. The highest BCUT2D eigenvalue weighted by Gasteiger charge is 2.23. The lowest BCUT2D eigenvalue weighted by Crippen LogP contribution is -3.00. The van der Waals surface area contributed by atoms with E-state index in [-0.39, 0.29) is 48.0 Å². The second kappa shape index (κ2) is 7.37. The van der Waals surface area contributed by atoms with E-state index < -0.39 is 0 Å². The van der Waals surface area contributed by atoms with Crippen LogP contribution in [0.25, 0.3) is 11.4 Å². The molecule has 96 valence electrons. The summed E-state index contributed by atoms with van der Waals surface area (Å²) >= 11 is 0. The zero-order chi connectivity index (χ0) is 10.8. The summed E-state index contributed by atoms with van der Waals surface area (Å²) < 4.78 is 4.70. The summed E-state index contributed by atoms with van der Waals surface area (Å²) in [7, 11) is 0. The summed E-state index contributed by atoms with van der Waals surface area (Å²) in [5, 5.41) is 0. The van der Waals surface area contributed by atoms with E-state index >= 15 is 0 Å². The molecule has 1 aliphatic heterocycles. The molecule has 3 heterocycles. The molecule has 0 aliphatic carbocycles. The summed E-state index contributed by atoms with van der Waals surface area (Å²) in [5.74, 6) is 0. The Bertz CT molecular complexity index is 467. The molecule has 18 heavy (non-hydrogen) atoms. The number of rotatable bonds is 0. The van der Waals surface area contributed by atoms with Gasteiger partial charge in [0.05, 0.1) is 0 Å². The van der Waals surface area contributed by atoms with Gasteiger partial charge in [0.15, 0.2) is 12.4 Å². The molecule has 0 saturated heterocycles. The molecule has 0 atom stereocenters. The highest BCUT2D eigenvalue weighted by molar-refractivity contribution is 5.45. The van der Waals surface area contributed by atoms with Crippen LogP contribution in [0.4, 0.5) is 0 Å². The zero-order valence-corrected chi connectivity index (χ0v) is 14.4. The van der Waals surface area contributed by atoms with Gasteiger partial charge in [-0.15, -0.1) is 0 Å². The number of aromatic nitrogens is 2. The summed E-state index contributed by atoms with van der Waals surface area (Å²) in [6.07, 6.45) is 6.86. The van der Waals surface area contributed by atoms with E-state index in [2.05, 4.69) is 57.9 Å². The lowest BCUT2D eigenvalue weighted by Gasteiger charge is -2.07. The topological polar surface area (TPSA) is 7.76 Å². The number of fused-ring (bicyclic) bond motifs is 3. The van der Waals surface area contributed by atoms with Crippen LogP contribution in [0.3, 0.4) is 0 Å². The Morgan fingerprint density at radius 3 is 1.56 bits per heavy atom. The quantitative estimate of drug-likeness (QED) is 0.275.